The molecule has 4 aromatic rings. The van der Waals surface area contributed by atoms with Crippen molar-refractivity contribution >= 4 is 52.4 Å². The van der Waals surface area contributed by atoms with Crippen LogP contribution in [0.2, 0.25) is 0 Å². The SMILES string of the molecule is Nc1ncnc2[nH]c([C@H]3C[C@@H](OP([O-])(=S)OC[C@H]4O[C@@H](n5cnc6c(N)ncnc65)C[C@H]4O)[C@@H](CO)O3)cc12. The zero-order chi connectivity index (χ0) is 27.3. The molecule has 4 aromatic heterocycles. The molecule has 16 nitrogen and oxygen atoms in total. The van der Waals surface area contributed by atoms with Crippen molar-refractivity contribution in [3.05, 3.63) is 30.7 Å². The summed E-state index contributed by atoms with van der Waals surface area (Å²) in [7, 11) is 0. The van der Waals surface area contributed by atoms with Gasteiger partial charge in [0.1, 0.15) is 60.9 Å². The second-order valence-corrected chi connectivity index (χ2v) is 11.9. The predicted molar refractivity (Wildman–Crippen MR) is 137 cm³/mol. The Balaban J connectivity index is 1.08. The number of nitrogens with zero attached hydrogens (tertiary/aromatic N) is 6. The summed E-state index contributed by atoms with van der Waals surface area (Å²) < 4.78 is 24.5. The van der Waals surface area contributed by atoms with Crippen molar-refractivity contribution in [2.24, 2.45) is 0 Å². The van der Waals surface area contributed by atoms with Gasteiger partial charge >= 0.3 is 0 Å². The van der Waals surface area contributed by atoms with Crippen LogP contribution in [0.3, 0.4) is 0 Å². The van der Waals surface area contributed by atoms with Crippen LogP contribution < -0.4 is 16.4 Å². The average Bonchev–Trinajstić information content (AvgIpc) is 3.67. The molecule has 0 spiro atoms. The number of anilines is 2. The molecule has 18 heteroatoms. The minimum Gasteiger partial charge on any atom is -0.780 e. The number of nitrogens with one attached hydrogen (secondary N) is 1. The van der Waals surface area contributed by atoms with Crippen molar-refractivity contribution in [1.82, 2.24) is 34.5 Å². The number of fused-ring (bicyclic) bond motifs is 2. The number of rotatable bonds is 8. The number of nitrogens with two attached hydrogens (primary N) is 2. The van der Waals surface area contributed by atoms with Crippen LogP contribution >= 0.6 is 6.72 Å². The van der Waals surface area contributed by atoms with Crippen molar-refractivity contribution in [2.45, 2.75) is 49.6 Å². The molecule has 0 bridgehead atoms. The van der Waals surface area contributed by atoms with E-state index in [1.54, 1.807) is 10.6 Å². The maximum atomic E-state index is 13.1. The number of aliphatic hydroxyl groups is 2. The highest BCUT2D eigenvalue weighted by atomic mass is 32.5. The molecule has 7 atom stereocenters. The predicted octanol–water partition coefficient (Wildman–Crippen LogP) is -0.580. The van der Waals surface area contributed by atoms with Crippen molar-refractivity contribution < 1.29 is 33.6 Å². The lowest BCUT2D eigenvalue weighted by Gasteiger charge is -2.32. The Labute approximate surface area is 225 Å². The van der Waals surface area contributed by atoms with Crippen LogP contribution in [-0.4, -0.2) is 82.3 Å². The largest absolute Gasteiger partial charge is 0.780 e. The maximum Gasteiger partial charge on any atom is 0.167 e. The first-order valence-corrected chi connectivity index (χ1v) is 14.5. The number of hydrogen-bond acceptors (Lipinski definition) is 15. The molecule has 6 rings (SSSR count). The van der Waals surface area contributed by atoms with Crippen LogP contribution in [0, 0.1) is 0 Å². The number of aliphatic hydroxyl groups excluding tert-OH is 2. The van der Waals surface area contributed by atoms with E-state index in [9.17, 15) is 15.1 Å². The highest BCUT2D eigenvalue weighted by Gasteiger charge is 2.40. The first-order valence-electron chi connectivity index (χ1n) is 12.0. The van der Waals surface area contributed by atoms with Gasteiger partial charge in [-0.3, -0.25) is 4.57 Å². The fourth-order valence-corrected chi connectivity index (χ4v) is 6.28. The summed E-state index contributed by atoms with van der Waals surface area (Å²) in [6, 6.07) is 1.76. The van der Waals surface area contributed by atoms with Gasteiger partial charge in [0.2, 0.25) is 0 Å². The molecule has 0 amide bonds. The number of aromatic nitrogens is 7. The number of H-pyrrole nitrogens is 1. The molecule has 2 aliphatic heterocycles. The Bertz CT molecular complexity index is 1550. The third kappa shape index (κ3) is 5.08. The third-order valence-corrected chi connectivity index (χ3v) is 8.34. The molecule has 6 heterocycles. The van der Waals surface area contributed by atoms with E-state index in [2.05, 4.69) is 29.9 Å². The van der Waals surface area contributed by atoms with Crippen LogP contribution in [0.25, 0.3) is 22.2 Å². The van der Waals surface area contributed by atoms with Gasteiger partial charge in [-0.15, -0.1) is 0 Å². The Morgan fingerprint density at radius 2 is 1.92 bits per heavy atom. The van der Waals surface area contributed by atoms with E-state index in [1.165, 1.54) is 19.0 Å². The van der Waals surface area contributed by atoms with Gasteiger partial charge in [-0.2, -0.15) is 0 Å². The second-order valence-electron chi connectivity index (χ2n) is 9.23. The molecule has 39 heavy (non-hydrogen) atoms. The monoisotopic (exact) mass is 578 g/mol. The molecular weight excluding hydrogens is 553 g/mol. The molecule has 208 valence electrons. The summed E-state index contributed by atoms with van der Waals surface area (Å²) >= 11 is 5.11. The Morgan fingerprint density at radius 3 is 2.72 bits per heavy atom. The van der Waals surface area contributed by atoms with Crippen LogP contribution in [0.4, 0.5) is 11.6 Å². The fraction of sp³-hybridized carbons (Fsp3) is 0.476. The zero-order valence-electron chi connectivity index (χ0n) is 20.2. The maximum absolute atomic E-state index is 13.1. The average molecular weight is 579 g/mol. The summed E-state index contributed by atoms with van der Waals surface area (Å²) in [5.74, 6) is 0.538. The van der Waals surface area contributed by atoms with Crippen LogP contribution in [0.1, 0.15) is 30.9 Å². The van der Waals surface area contributed by atoms with E-state index >= 15 is 0 Å². The van der Waals surface area contributed by atoms with Gasteiger partial charge in [0, 0.05) is 18.5 Å². The fourth-order valence-electron chi connectivity index (χ4n) is 4.82. The Kier molecular flexibility index (Phi) is 6.95. The molecule has 0 radical (unpaired) electrons. The summed E-state index contributed by atoms with van der Waals surface area (Å²) in [5.41, 5.74) is 13.8. The van der Waals surface area contributed by atoms with Gasteiger partial charge in [0.05, 0.1) is 37.1 Å². The number of ether oxygens (including phenoxy) is 2. The molecule has 0 saturated carbocycles. The lowest BCUT2D eigenvalue weighted by atomic mass is 10.1. The minimum absolute atomic E-state index is 0.204. The molecule has 0 aliphatic carbocycles. The van der Waals surface area contributed by atoms with E-state index in [4.69, 9.17) is 41.8 Å². The molecule has 2 saturated heterocycles. The normalized spacial score (nSPS) is 28.9. The molecule has 0 aromatic carbocycles. The van der Waals surface area contributed by atoms with Gasteiger partial charge in [-0.25, -0.2) is 24.9 Å². The summed E-state index contributed by atoms with van der Waals surface area (Å²) in [6.45, 7) is -4.74. The number of aromatic amines is 1. The standard InChI is InChI=1S/C21H26N9O7PS/c22-18-9-1-10(29-20(9)26-6-24-18)12-3-13(14(4-31)35-12)37-38(33,39)34-5-15-11(32)2-16(36-15)30-8-28-17-19(23)25-7-27-21(17)30/h1,6-8,11-16,31-32H,2-5H2,(H,33,39)(H2,23,25,27)(H3,22,24,26,29)/p-1/t11-,12-,13-,14-,15-,16-,38?/m1/s1. The minimum atomic E-state index is -4.06. The van der Waals surface area contributed by atoms with Crippen LogP contribution in [0.5, 0.6) is 0 Å². The van der Waals surface area contributed by atoms with E-state index < -0.39 is 50.1 Å². The third-order valence-electron chi connectivity index (χ3n) is 6.77. The first kappa shape index (κ1) is 26.4. The second kappa shape index (κ2) is 10.3. The summed E-state index contributed by atoms with van der Waals surface area (Å²) in [4.78, 5) is 36.6. The molecule has 2 aliphatic rings. The van der Waals surface area contributed by atoms with Crippen molar-refractivity contribution in [1.29, 1.82) is 0 Å². The summed E-state index contributed by atoms with van der Waals surface area (Å²) in [6.07, 6.45) is 0.0474. The number of hydrogen-bond donors (Lipinski definition) is 5. The molecular formula is C21H25N9O7PS-. The van der Waals surface area contributed by atoms with Gasteiger partial charge in [0.15, 0.2) is 11.5 Å². The van der Waals surface area contributed by atoms with Gasteiger partial charge in [-0.05, 0) is 6.07 Å². The van der Waals surface area contributed by atoms with Gasteiger partial charge < -0.3 is 50.1 Å². The van der Waals surface area contributed by atoms with Gasteiger partial charge in [0.25, 0.3) is 0 Å². The zero-order valence-corrected chi connectivity index (χ0v) is 21.9. The summed E-state index contributed by atoms with van der Waals surface area (Å²) in [5, 5.41) is 21.0. The smallest absolute Gasteiger partial charge is 0.167 e. The van der Waals surface area contributed by atoms with Crippen molar-refractivity contribution in [3.63, 3.8) is 0 Å². The number of nitrogen functional groups attached to an aromatic ring is 2. The quantitative estimate of drug-likeness (QED) is 0.164. The van der Waals surface area contributed by atoms with Crippen molar-refractivity contribution in [2.75, 3.05) is 24.7 Å². The van der Waals surface area contributed by atoms with E-state index in [-0.39, 0.29) is 25.3 Å². The van der Waals surface area contributed by atoms with E-state index in [1.807, 2.05) is 0 Å². The van der Waals surface area contributed by atoms with E-state index in [0.717, 1.165) is 0 Å². The van der Waals surface area contributed by atoms with Gasteiger partial charge in [-0.1, -0.05) is 11.8 Å². The number of imidazole rings is 1. The lowest BCUT2D eigenvalue weighted by molar-refractivity contribution is -0.215. The molecule has 1 unspecified atom stereocenters. The Morgan fingerprint density at radius 1 is 1.13 bits per heavy atom. The lowest BCUT2D eigenvalue weighted by Crippen LogP contribution is -2.31. The van der Waals surface area contributed by atoms with Crippen LogP contribution in [-0.2, 0) is 30.3 Å². The highest BCUT2D eigenvalue weighted by molar-refractivity contribution is 8.06. The first-order chi connectivity index (χ1) is 18.7. The van der Waals surface area contributed by atoms with Crippen molar-refractivity contribution in [3.8, 4) is 0 Å². The topological polar surface area (TPSA) is 238 Å². The Hall–Kier alpha value is -2.86. The van der Waals surface area contributed by atoms with Crippen LogP contribution in [0.15, 0.2) is 25.0 Å². The van der Waals surface area contributed by atoms with E-state index in [0.29, 0.717) is 33.7 Å². The molecule has 2 fully saturated rings. The highest BCUT2D eigenvalue weighted by Crippen LogP contribution is 2.47. The molecule has 7 N–H and O–H groups in total.